The Morgan fingerprint density at radius 2 is 2.00 bits per heavy atom. The average Bonchev–Trinajstić information content (AvgIpc) is 2.88. The van der Waals surface area contributed by atoms with Crippen LogP contribution in [0, 0.1) is 0 Å². The van der Waals surface area contributed by atoms with Crippen LogP contribution in [0.5, 0.6) is 0 Å². The highest BCUT2D eigenvalue weighted by molar-refractivity contribution is 7.88. The Labute approximate surface area is 120 Å². The quantitative estimate of drug-likeness (QED) is 0.776. The molecule has 1 aromatic rings. The maximum Gasteiger partial charge on any atom is 0.218 e. The number of sulfonamides is 1. The van der Waals surface area contributed by atoms with E-state index in [0.717, 1.165) is 25.7 Å². The van der Waals surface area contributed by atoms with Crippen LogP contribution in [0.3, 0.4) is 0 Å². The van der Waals surface area contributed by atoms with Crippen molar-refractivity contribution in [2.45, 2.75) is 37.5 Å². The smallest absolute Gasteiger partial charge is 0.218 e. The number of anilines is 1. The third-order valence-electron chi connectivity index (χ3n) is 3.71. The Balaban J connectivity index is 2.17. The lowest BCUT2D eigenvalue weighted by molar-refractivity contribution is 0.226. The predicted molar refractivity (Wildman–Crippen MR) is 79.5 cm³/mol. The fourth-order valence-electron chi connectivity index (χ4n) is 2.82. The lowest BCUT2D eigenvalue weighted by Gasteiger charge is -2.27. The second kappa shape index (κ2) is 6.56. The normalized spacial score (nSPS) is 16.9. The fraction of sp³-hybridized carbons (Fsp3) is 0.571. The molecule has 0 heterocycles. The Morgan fingerprint density at radius 3 is 2.60 bits per heavy atom. The van der Waals surface area contributed by atoms with Gasteiger partial charge in [-0.2, -0.15) is 4.31 Å². The van der Waals surface area contributed by atoms with Gasteiger partial charge in [0.2, 0.25) is 10.0 Å². The third kappa shape index (κ3) is 3.71. The van der Waals surface area contributed by atoms with Crippen molar-refractivity contribution in [3.8, 4) is 0 Å². The van der Waals surface area contributed by atoms with Gasteiger partial charge in [0.25, 0.3) is 0 Å². The van der Waals surface area contributed by atoms with Crippen molar-refractivity contribution in [1.82, 2.24) is 4.31 Å². The largest absolute Gasteiger partial charge is 0.399 e. The van der Waals surface area contributed by atoms with Crippen LogP contribution >= 0.6 is 0 Å². The van der Waals surface area contributed by atoms with E-state index in [1.54, 1.807) is 24.3 Å². The molecule has 0 aromatic heterocycles. The summed E-state index contributed by atoms with van der Waals surface area (Å²) in [6.45, 7) is 0.0297. The van der Waals surface area contributed by atoms with E-state index in [1.807, 2.05) is 0 Å². The van der Waals surface area contributed by atoms with Gasteiger partial charge in [0.05, 0.1) is 12.4 Å². The number of aliphatic hydroxyl groups excluding tert-OH is 1. The Bertz CT molecular complexity index is 539. The van der Waals surface area contributed by atoms with E-state index in [1.165, 1.54) is 4.31 Å². The highest BCUT2D eigenvalue weighted by Gasteiger charge is 2.31. The van der Waals surface area contributed by atoms with Crippen LogP contribution in [-0.4, -0.2) is 37.0 Å². The summed E-state index contributed by atoms with van der Waals surface area (Å²) in [6, 6.07) is 6.97. The molecule has 0 bridgehead atoms. The van der Waals surface area contributed by atoms with Crippen LogP contribution in [-0.2, 0) is 15.8 Å². The molecule has 0 unspecified atom stereocenters. The van der Waals surface area contributed by atoms with Gasteiger partial charge in [-0.3, -0.25) is 0 Å². The van der Waals surface area contributed by atoms with Crippen molar-refractivity contribution < 1.29 is 13.5 Å². The van der Waals surface area contributed by atoms with Gasteiger partial charge in [0.1, 0.15) is 0 Å². The zero-order chi connectivity index (χ0) is 14.6. The number of nitrogen functional groups attached to an aromatic ring is 1. The number of hydrogen-bond acceptors (Lipinski definition) is 4. The summed E-state index contributed by atoms with van der Waals surface area (Å²) < 4.78 is 26.6. The van der Waals surface area contributed by atoms with Crippen LogP contribution < -0.4 is 5.73 Å². The van der Waals surface area contributed by atoms with Crippen molar-refractivity contribution in [2.24, 2.45) is 0 Å². The number of nitrogens with two attached hydrogens (primary N) is 1. The number of hydrogen-bond donors (Lipinski definition) is 2. The highest BCUT2D eigenvalue weighted by atomic mass is 32.2. The van der Waals surface area contributed by atoms with E-state index < -0.39 is 10.0 Å². The minimum Gasteiger partial charge on any atom is -0.399 e. The molecular formula is C14H22N2O3S. The summed E-state index contributed by atoms with van der Waals surface area (Å²) in [4.78, 5) is 0. The fourth-order valence-corrected chi connectivity index (χ4v) is 4.61. The van der Waals surface area contributed by atoms with E-state index in [-0.39, 0.29) is 24.9 Å². The van der Waals surface area contributed by atoms with Crippen molar-refractivity contribution >= 4 is 15.7 Å². The summed E-state index contributed by atoms with van der Waals surface area (Å²) in [7, 11) is -3.42. The molecule has 1 aliphatic rings. The molecular weight excluding hydrogens is 276 g/mol. The summed E-state index contributed by atoms with van der Waals surface area (Å²) in [5.74, 6) is -0.0610. The van der Waals surface area contributed by atoms with Crippen molar-refractivity contribution in [1.29, 1.82) is 0 Å². The van der Waals surface area contributed by atoms with Gasteiger partial charge in [-0.05, 0) is 30.5 Å². The van der Waals surface area contributed by atoms with Gasteiger partial charge in [-0.15, -0.1) is 0 Å². The monoisotopic (exact) mass is 298 g/mol. The molecule has 0 atom stereocenters. The molecule has 20 heavy (non-hydrogen) atoms. The van der Waals surface area contributed by atoms with E-state index in [9.17, 15) is 8.42 Å². The molecule has 0 spiro atoms. The minimum atomic E-state index is -3.42. The van der Waals surface area contributed by atoms with E-state index in [2.05, 4.69) is 0 Å². The molecule has 2 rings (SSSR count). The lowest BCUT2D eigenvalue weighted by Crippen LogP contribution is -2.41. The maximum atomic E-state index is 12.6. The molecule has 1 aliphatic carbocycles. The topological polar surface area (TPSA) is 83.6 Å². The maximum absolute atomic E-state index is 12.6. The molecule has 5 nitrogen and oxygen atoms in total. The summed E-state index contributed by atoms with van der Waals surface area (Å²) >= 11 is 0. The number of benzene rings is 1. The zero-order valence-electron chi connectivity index (χ0n) is 11.5. The first-order valence-corrected chi connectivity index (χ1v) is 8.58. The van der Waals surface area contributed by atoms with Crippen molar-refractivity contribution in [2.75, 3.05) is 18.9 Å². The molecule has 0 amide bonds. The highest BCUT2D eigenvalue weighted by Crippen LogP contribution is 2.27. The van der Waals surface area contributed by atoms with E-state index >= 15 is 0 Å². The summed E-state index contributed by atoms with van der Waals surface area (Å²) in [5.41, 5.74) is 6.93. The molecule has 1 fully saturated rings. The van der Waals surface area contributed by atoms with Gasteiger partial charge < -0.3 is 10.8 Å². The van der Waals surface area contributed by atoms with Gasteiger partial charge in [-0.1, -0.05) is 25.0 Å². The molecule has 0 aliphatic heterocycles. The second-order valence-electron chi connectivity index (χ2n) is 5.27. The zero-order valence-corrected chi connectivity index (χ0v) is 12.3. The van der Waals surface area contributed by atoms with Crippen LogP contribution in [0.1, 0.15) is 31.2 Å². The molecule has 6 heteroatoms. The first-order valence-electron chi connectivity index (χ1n) is 6.98. The molecule has 1 saturated carbocycles. The van der Waals surface area contributed by atoms with Gasteiger partial charge >= 0.3 is 0 Å². The van der Waals surface area contributed by atoms with Crippen LogP contribution in [0.25, 0.3) is 0 Å². The van der Waals surface area contributed by atoms with Crippen LogP contribution in [0.2, 0.25) is 0 Å². The minimum absolute atomic E-state index is 0.0354. The Hall–Kier alpha value is -1.11. The lowest BCUT2D eigenvalue weighted by atomic mass is 10.2. The number of aliphatic hydroxyl groups is 1. The summed E-state index contributed by atoms with van der Waals surface area (Å²) in [6.07, 6.45) is 3.88. The van der Waals surface area contributed by atoms with Gasteiger partial charge in [-0.25, -0.2) is 8.42 Å². The van der Waals surface area contributed by atoms with Crippen LogP contribution in [0.15, 0.2) is 24.3 Å². The molecule has 0 radical (unpaired) electrons. The molecule has 3 N–H and O–H groups in total. The van der Waals surface area contributed by atoms with Crippen molar-refractivity contribution in [3.05, 3.63) is 29.8 Å². The first-order chi connectivity index (χ1) is 9.53. The Morgan fingerprint density at radius 1 is 1.30 bits per heavy atom. The average molecular weight is 298 g/mol. The number of rotatable bonds is 6. The Kier molecular flexibility index (Phi) is 5.01. The van der Waals surface area contributed by atoms with Gasteiger partial charge in [0, 0.05) is 18.3 Å². The first kappa shape index (κ1) is 15.3. The SMILES string of the molecule is Nc1cccc(CS(=O)(=O)N(CCO)C2CCCC2)c1. The molecule has 0 saturated heterocycles. The van der Waals surface area contributed by atoms with Crippen molar-refractivity contribution in [3.63, 3.8) is 0 Å². The number of nitrogens with zero attached hydrogens (tertiary/aromatic N) is 1. The molecule has 1 aromatic carbocycles. The standard InChI is InChI=1S/C14H22N2O3S/c15-13-5-3-4-12(10-13)11-20(18,19)16(8-9-17)14-6-1-2-7-14/h3-5,10,14,17H,1-2,6-9,11,15H2. The van der Waals surface area contributed by atoms with E-state index in [4.69, 9.17) is 10.8 Å². The third-order valence-corrected chi connectivity index (χ3v) is 5.60. The summed E-state index contributed by atoms with van der Waals surface area (Å²) in [5, 5.41) is 9.14. The van der Waals surface area contributed by atoms with Crippen LogP contribution in [0.4, 0.5) is 5.69 Å². The second-order valence-corrected chi connectivity index (χ2v) is 7.20. The predicted octanol–water partition coefficient (Wildman–Crippen LogP) is 1.34. The van der Waals surface area contributed by atoms with E-state index in [0.29, 0.717) is 11.3 Å². The van der Waals surface area contributed by atoms with Gasteiger partial charge in [0.15, 0.2) is 0 Å². The molecule has 112 valence electrons.